The highest BCUT2D eigenvalue weighted by molar-refractivity contribution is 5.65. The Morgan fingerprint density at radius 2 is 1.84 bits per heavy atom. The number of aliphatic hydroxyl groups is 2. The summed E-state index contributed by atoms with van der Waals surface area (Å²) in [5.74, 6) is 7.60. The van der Waals surface area contributed by atoms with Crippen molar-refractivity contribution in [1.82, 2.24) is 9.55 Å². The van der Waals surface area contributed by atoms with Gasteiger partial charge in [-0.25, -0.2) is 4.98 Å². The molecule has 1 saturated heterocycles. The van der Waals surface area contributed by atoms with Crippen molar-refractivity contribution in [2.75, 3.05) is 19.8 Å². The van der Waals surface area contributed by atoms with Crippen LogP contribution in [0.4, 0.5) is 0 Å². The number of rotatable bonds is 6. The Hall–Kier alpha value is -3.15. The molecular formula is C25H27N3O4. The Bertz CT molecular complexity index is 1080. The minimum Gasteiger partial charge on any atom is -0.485 e. The number of hydrogen-bond donors (Lipinski definition) is 3. The summed E-state index contributed by atoms with van der Waals surface area (Å²) in [7, 11) is 0. The van der Waals surface area contributed by atoms with Gasteiger partial charge in [0.2, 0.25) is 0 Å². The molecule has 7 heteroatoms. The van der Waals surface area contributed by atoms with Crippen molar-refractivity contribution in [1.29, 1.82) is 0 Å². The van der Waals surface area contributed by atoms with Crippen LogP contribution in [0.5, 0.6) is 5.75 Å². The standard InChI is InChI=1S/C25H27N3O4/c1-17(29)25-27-12-13-28(25)21(14-26)9-4-18-2-5-19(6-3-18)20-7-10-22(11-8-20)32-24-16-31-15-23(24)30/h2-3,5-8,10-13,17,21,23-24,29-30H,14-16,26H2,1H3/t17-,21?,23?,24?/m0/s1. The molecule has 3 aromatic rings. The third-order valence-electron chi connectivity index (χ3n) is 5.37. The van der Waals surface area contributed by atoms with Crippen molar-refractivity contribution in [3.63, 3.8) is 0 Å². The summed E-state index contributed by atoms with van der Waals surface area (Å²) < 4.78 is 12.8. The SMILES string of the molecule is C[C@H](O)c1nccn1C(C#Cc1ccc(-c2ccc(OC3COCC3O)cc2)cc1)CN. The van der Waals surface area contributed by atoms with E-state index in [4.69, 9.17) is 15.2 Å². The maximum absolute atomic E-state index is 9.86. The largest absolute Gasteiger partial charge is 0.485 e. The fourth-order valence-corrected chi connectivity index (χ4v) is 3.60. The molecule has 166 valence electrons. The number of nitrogens with two attached hydrogens (primary N) is 1. The van der Waals surface area contributed by atoms with Gasteiger partial charge in [0.05, 0.1) is 13.2 Å². The molecule has 1 fully saturated rings. The minimum atomic E-state index is -0.687. The van der Waals surface area contributed by atoms with Crippen LogP contribution in [-0.4, -0.2) is 51.7 Å². The molecule has 32 heavy (non-hydrogen) atoms. The van der Waals surface area contributed by atoms with E-state index < -0.39 is 12.2 Å². The first kappa shape index (κ1) is 22.1. The van der Waals surface area contributed by atoms with Gasteiger partial charge in [0, 0.05) is 24.5 Å². The van der Waals surface area contributed by atoms with Gasteiger partial charge < -0.3 is 30.0 Å². The van der Waals surface area contributed by atoms with Crippen LogP contribution in [0.3, 0.4) is 0 Å². The molecule has 2 aromatic carbocycles. The number of aliphatic hydroxyl groups excluding tert-OH is 2. The number of nitrogens with zero attached hydrogens (tertiary/aromatic N) is 2. The van der Waals surface area contributed by atoms with Gasteiger partial charge in [0.15, 0.2) is 0 Å². The summed E-state index contributed by atoms with van der Waals surface area (Å²) >= 11 is 0. The summed E-state index contributed by atoms with van der Waals surface area (Å²) in [5, 5.41) is 19.7. The van der Waals surface area contributed by atoms with Gasteiger partial charge >= 0.3 is 0 Å². The van der Waals surface area contributed by atoms with Crippen LogP contribution in [0.2, 0.25) is 0 Å². The lowest BCUT2D eigenvalue weighted by atomic mass is 10.0. The Labute approximate surface area is 187 Å². The molecule has 7 nitrogen and oxygen atoms in total. The van der Waals surface area contributed by atoms with Gasteiger partial charge in [0.25, 0.3) is 0 Å². The van der Waals surface area contributed by atoms with Crippen molar-refractivity contribution in [3.8, 4) is 28.7 Å². The molecule has 1 aliphatic rings. The van der Waals surface area contributed by atoms with E-state index in [1.165, 1.54) is 0 Å². The zero-order valence-electron chi connectivity index (χ0n) is 17.9. The highest BCUT2D eigenvalue weighted by Gasteiger charge is 2.27. The van der Waals surface area contributed by atoms with Crippen LogP contribution in [0, 0.1) is 11.8 Å². The first-order valence-corrected chi connectivity index (χ1v) is 10.6. The van der Waals surface area contributed by atoms with E-state index in [-0.39, 0.29) is 12.1 Å². The molecule has 0 radical (unpaired) electrons. The van der Waals surface area contributed by atoms with E-state index in [1.807, 2.05) is 53.1 Å². The average molecular weight is 434 g/mol. The van der Waals surface area contributed by atoms with E-state index in [0.29, 0.717) is 31.3 Å². The number of aromatic nitrogens is 2. The molecule has 1 aromatic heterocycles. The smallest absolute Gasteiger partial charge is 0.150 e. The summed E-state index contributed by atoms with van der Waals surface area (Å²) in [4.78, 5) is 4.19. The van der Waals surface area contributed by atoms with Crippen LogP contribution in [-0.2, 0) is 4.74 Å². The molecule has 3 unspecified atom stereocenters. The summed E-state index contributed by atoms with van der Waals surface area (Å²) in [5.41, 5.74) is 8.90. The molecule has 4 atom stereocenters. The van der Waals surface area contributed by atoms with E-state index >= 15 is 0 Å². The molecule has 0 saturated carbocycles. The Kier molecular flexibility index (Phi) is 6.88. The summed E-state index contributed by atoms with van der Waals surface area (Å²) in [6.45, 7) is 2.70. The second-order valence-corrected chi connectivity index (χ2v) is 7.75. The predicted octanol–water partition coefficient (Wildman–Crippen LogP) is 2.29. The molecule has 0 amide bonds. The van der Waals surface area contributed by atoms with Crippen LogP contribution in [0.1, 0.15) is 30.5 Å². The number of imidazole rings is 1. The van der Waals surface area contributed by atoms with Crippen LogP contribution < -0.4 is 10.5 Å². The monoisotopic (exact) mass is 433 g/mol. The average Bonchev–Trinajstić information content (AvgIpc) is 3.45. The van der Waals surface area contributed by atoms with Crippen molar-refractivity contribution in [2.45, 2.75) is 31.3 Å². The third kappa shape index (κ3) is 5.01. The number of ether oxygens (including phenoxy) is 2. The quantitative estimate of drug-likeness (QED) is 0.516. The molecule has 0 bridgehead atoms. The number of benzene rings is 2. The normalized spacial score (nSPS) is 19.8. The van der Waals surface area contributed by atoms with E-state index in [0.717, 1.165) is 16.7 Å². The van der Waals surface area contributed by atoms with Gasteiger partial charge in [-0.2, -0.15) is 0 Å². The van der Waals surface area contributed by atoms with Crippen molar-refractivity contribution in [3.05, 3.63) is 72.3 Å². The fraction of sp³-hybridized carbons (Fsp3) is 0.320. The van der Waals surface area contributed by atoms with Crippen LogP contribution in [0.15, 0.2) is 60.9 Å². The highest BCUT2D eigenvalue weighted by atomic mass is 16.6. The van der Waals surface area contributed by atoms with E-state index in [9.17, 15) is 10.2 Å². The Morgan fingerprint density at radius 1 is 1.16 bits per heavy atom. The van der Waals surface area contributed by atoms with Gasteiger partial charge in [-0.15, -0.1) is 0 Å². The van der Waals surface area contributed by atoms with Crippen LogP contribution in [0.25, 0.3) is 11.1 Å². The molecule has 4 rings (SSSR count). The van der Waals surface area contributed by atoms with Crippen molar-refractivity contribution >= 4 is 0 Å². The topological polar surface area (TPSA) is 103 Å². The van der Waals surface area contributed by atoms with Crippen molar-refractivity contribution in [2.24, 2.45) is 5.73 Å². The Balaban J connectivity index is 1.44. The first-order valence-electron chi connectivity index (χ1n) is 10.6. The molecule has 0 aliphatic carbocycles. The van der Waals surface area contributed by atoms with Crippen molar-refractivity contribution < 1.29 is 19.7 Å². The maximum atomic E-state index is 9.86. The van der Waals surface area contributed by atoms with Gasteiger partial charge in [-0.05, 0) is 42.3 Å². The fourth-order valence-electron chi connectivity index (χ4n) is 3.60. The third-order valence-corrected chi connectivity index (χ3v) is 5.37. The van der Waals surface area contributed by atoms with Gasteiger partial charge in [-0.1, -0.05) is 36.1 Å². The molecular weight excluding hydrogens is 406 g/mol. The van der Waals surface area contributed by atoms with E-state index in [2.05, 4.69) is 16.8 Å². The summed E-state index contributed by atoms with van der Waals surface area (Å²) in [6, 6.07) is 15.5. The second kappa shape index (κ2) is 9.98. The van der Waals surface area contributed by atoms with Gasteiger partial charge in [0.1, 0.15) is 35.9 Å². The number of hydrogen-bond acceptors (Lipinski definition) is 6. The lowest BCUT2D eigenvalue weighted by Crippen LogP contribution is -2.29. The molecule has 1 aliphatic heterocycles. The van der Waals surface area contributed by atoms with E-state index in [1.54, 1.807) is 19.3 Å². The lowest BCUT2D eigenvalue weighted by Gasteiger charge is -2.15. The second-order valence-electron chi connectivity index (χ2n) is 7.75. The molecule has 4 N–H and O–H groups in total. The van der Waals surface area contributed by atoms with Gasteiger partial charge in [-0.3, -0.25) is 0 Å². The lowest BCUT2D eigenvalue weighted by molar-refractivity contribution is 0.0733. The maximum Gasteiger partial charge on any atom is 0.150 e. The predicted molar refractivity (Wildman–Crippen MR) is 121 cm³/mol. The minimum absolute atomic E-state index is 0.266. The first-order chi connectivity index (χ1) is 15.5. The summed E-state index contributed by atoms with van der Waals surface area (Å²) in [6.07, 6.45) is 1.82. The zero-order chi connectivity index (χ0) is 22.5. The Morgan fingerprint density at radius 3 is 2.44 bits per heavy atom. The molecule has 0 spiro atoms. The van der Waals surface area contributed by atoms with Crippen LogP contribution >= 0.6 is 0 Å². The zero-order valence-corrected chi connectivity index (χ0v) is 17.9. The molecule has 2 heterocycles. The highest BCUT2D eigenvalue weighted by Crippen LogP contribution is 2.24.